The summed E-state index contributed by atoms with van der Waals surface area (Å²) in [6, 6.07) is 19.7. The van der Waals surface area contributed by atoms with Gasteiger partial charge in [0, 0.05) is 11.2 Å². The average molecular weight is 514 g/mol. The molecule has 1 unspecified atom stereocenters. The van der Waals surface area contributed by atoms with Crippen LogP contribution in [0.1, 0.15) is 50.4 Å². The number of carbonyl (C=O) groups excluding carboxylic acids is 2. The van der Waals surface area contributed by atoms with Gasteiger partial charge in [-0.1, -0.05) is 35.5 Å². The summed E-state index contributed by atoms with van der Waals surface area (Å²) in [6.07, 6.45) is 0. The lowest BCUT2D eigenvalue weighted by molar-refractivity contribution is -0.128. The standard InChI is InChI=1S/C30H35N5O3/c1-7-38-24-16-13-22(14-17-24)28(29(37)31-30(4,5)6)35(23-15-12-20(2)21(3)18-23)27(36)19-34-26-11-9-8-10-25(26)32-33-34/h8-18,28H,7,19H2,1-6H3,(H,31,37). The number of hydrogen-bond acceptors (Lipinski definition) is 5. The summed E-state index contributed by atoms with van der Waals surface area (Å²) >= 11 is 0. The summed E-state index contributed by atoms with van der Waals surface area (Å²) in [6.45, 7) is 12.1. The van der Waals surface area contributed by atoms with Crippen LogP contribution in [0.4, 0.5) is 5.69 Å². The van der Waals surface area contributed by atoms with Crippen molar-refractivity contribution in [1.82, 2.24) is 20.3 Å². The van der Waals surface area contributed by atoms with Crippen LogP contribution in [-0.2, 0) is 16.1 Å². The smallest absolute Gasteiger partial charge is 0.249 e. The van der Waals surface area contributed by atoms with Gasteiger partial charge in [-0.2, -0.15) is 0 Å². The molecule has 2 amide bonds. The summed E-state index contributed by atoms with van der Waals surface area (Å²) in [4.78, 5) is 29.6. The molecule has 1 atom stereocenters. The van der Waals surface area contributed by atoms with Crippen LogP contribution in [0, 0.1) is 13.8 Å². The number of fused-ring (bicyclic) bond motifs is 1. The van der Waals surface area contributed by atoms with E-state index in [0.29, 0.717) is 29.1 Å². The molecule has 8 nitrogen and oxygen atoms in total. The number of anilines is 1. The predicted octanol–water partition coefficient (Wildman–Crippen LogP) is 5.14. The molecular weight excluding hydrogens is 478 g/mol. The Labute approximate surface area is 223 Å². The summed E-state index contributed by atoms with van der Waals surface area (Å²) in [5.74, 6) is 0.132. The number of benzene rings is 3. The number of aromatic nitrogens is 3. The molecule has 0 radical (unpaired) electrons. The second kappa shape index (κ2) is 11.0. The first-order chi connectivity index (χ1) is 18.1. The van der Waals surface area contributed by atoms with E-state index < -0.39 is 11.6 Å². The molecule has 1 aromatic heterocycles. The number of aryl methyl sites for hydroxylation is 2. The van der Waals surface area contributed by atoms with Crippen LogP contribution in [0.5, 0.6) is 5.75 Å². The van der Waals surface area contributed by atoms with Gasteiger partial charge in [-0.15, -0.1) is 5.10 Å². The zero-order chi connectivity index (χ0) is 27.4. The van der Waals surface area contributed by atoms with Gasteiger partial charge in [0.25, 0.3) is 0 Å². The van der Waals surface area contributed by atoms with E-state index in [-0.39, 0.29) is 18.4 Å². The van der Waals surface area contributed by atoms with Crippen molar-refractivity contribution in [1.29, 1.82) is 0 Å². The third kappa shape index (κ3) is 6.02. The Hall–Kier alpha value is -4.20. The van der Waals surface area contributed by atoms with Gasteiger partial charge in [0.05, 0.1) is 12.1 Å². The molecule has 0 bridgehead atoms. The molecule has 1 heterocycles. The van der Waals surface area contributed by atoms with E-state index in [1.165, 1.54) is 0 Å². The fraction of sp³-hybridized carbons (Fsp3) is 0.333. The first-order valence-electron chi connectivity index (χ1n) is 12.8. The zero-order valence-electron chi connectivity index (χ0n) is 22.9. The highest BCUT2D eigenvalue weighted by Gasteiger charge is 2.35. The van der Waals surface area contributed by atoms with Crippen LogP contribution in [-0.4, -0.2) is 39.0 Å². The number of ether oxygens (including phenoxy) is 1. The Morgan fingerprint density at radius 1 is 1.00 bits per heavy atom. The number of carbonyl (C=O) groups is 2. The Kier molecular flexibility index (Phi) is 7.80. The summed E-state index contributed by atoms with van der Waals surface area (Å²) in [5, 5.41) is 11.5. The van der Waals surface area contributed by atoms with Gasteiger partial charge < -0.3 is 10.1 Å². The van der Waals surface area contributed by atoms with Crippen LogP contribution in [0.25, 0.3) is 11.0 Å². The molecule has 0 aliphatic rings. The lowest BCUT2D eigenvalue weighted by Crippen LogP contribution is -2.50. The first kappa shape index (κ1) is 26.9. The highest BCUT2D eigenvalue weighted by Crippen LogP contribution is 2.31. The van der Waals surface area contributed by atoms with Crippen molar-refractivity contribution in [2.45, 2.75) is 59.7 Å². The van der Waals surface area contributed by atoms with Gasteiger partial charge in [0.15, 0.2) is 0 Å². The molecule has 4 aromatic rings. The van der Waals surface area contributed by atoms with Crippen molar-refractivity contribution in [2.75, 3.05) is 11.5 Å². The average Bonchev–Trinajstić information content (AvgIpc) is 3.26. The zero-order valence-corrected chi connectivity index (χ0v) is 22.9. The fourth-order valence-corrected chi connectivity index (χ4v) is 4.32. The largest absolute Gasteiger partial charge is 0.494 e. The topological polar surface area (TPSA) is 89.4 Å². The molecule has 0 aliphatic heterocycles. The molecular formula is C30H35N5O3. The molecule has 0 aliphatic carbocycles. The van der Waals surface area contributed by atoms with Gasteiger partial charge in [0.2, 0.25) is 11.8 Å². The van der Waals surface area contributed by atoms with Crippen LogP contribution in [0.3, 0.4) is 0 Å². The highest BCUT2D eigenvalue weighted by molar-refractivity contribution is 6.01. The maximum Gasteiger partial charge on any atom is 0.249 e. The van der Waals surface area contributed by atoms with E-state index in [2.05, 4.69) is 15.6 Å². The summed E-state index contributed by atoms with van der Waals surface area (Å²) in [5.41, 5.74) is 4.37. The molecule has 38 heavy (non-hydrogen) atoms. The van der Waals surface area contributed by atoms with Crippen molar-refractivity contribution >= 4 is 28.5 Å². The third-order valence-corrected chi connectivity index (χ3v) is 6.25. The maximum atomic E-state index is 14.1. The molecule has 3 aromatic carbocycles. The van der Waals surface area contributed by atoms with Crippen molar-refractivity contribution in [3.05, 3.63) is 83.4 Å². The molecule has 0 saturated heterocycles. The number of rotatable bonds is 8. The Morgan fingerprint density at radius 3 is 2.37 bits per heavy atom. The minimum absolute atomic E-state index is 0.0796. The number of para-hydroxylation sites is 1. The van der Waals surface area contributed by atoms with Gasteiger partial charge >= 0.3 is 0 Å². The number of nitrogens with one attached hydrogen (secondary N) is 1. The van der Waals surface area contributed by atoms with Gasteiger partial charge in [-0.25, -0.2) is 4.68 Å². The van der Waals surface area contributed by atoms with E-state index in [0.717, 1.165) is 16.6 Å². The van der Waals surface area contributed by atoms with Gasteiger partial charge in [-0.3, -0.25) is 14.5 Å². The van der Waals surface area contributed by atoms with Gasteiger partial charge in [-0.05, 0) is 94.6 Å². The normalized spacial score (nSPS) is 12.3. The van der Waals surface area contributed by atoms with Crippen molar-refractivity contribution in [3.8, 4) is 5.75 Å². The Bertz CT molecular complexity index is 1440. The van der Waals surface area contributed by atoms with Crippen molar-refractivity contribution in [2.24, 2.45) is 0 Å². The second-order valence-corrected chi connectivity index (χ2v) is 10.4. The molecule has 4 rings (SSSR count). The third-order valence-electron chi connectivity index (χ3n) is 6.25. The first-order valence-corrected chi connectivity index (χ1v) is 12.8. The Balaban J connectivity index is 1.83. The van der Waals surface area contributed by atoms with Crippen LogP contribution in [0.15, 0.2) is 66.7 Å². The lowest BCUT2D eigenvalue weighted by atomic mass is 9.99. The highest BCUT2D eigenvalue weighted by atomic mass is 16.5. The summed E-state index contributed by atoms with van der Waals surface area (Å²) in [7, 11) is 0. The molecule has 8 heteroatoms. The van der Waals surface area contributed by atoms with Crippen LogP contribution < -0.4 is 15.0 Å². The van der Waals surface area contributed by atoms with Crippen molar-refractivity contribution in [3.63, 3.8) is 0 Å². The lowest BCUT2D eigenvalue weighted by Gasteiger charge is -2.34. The van der Waals surface area contributed by atoms with E-state index in [9.17, 15) is 9.59 Å². The van der Waals surface area contributed by atoms with E-state index in [1.54, 1.807) is 9.58 Å². The predicted molar refractivity (Wildman–Crippen MR) is 149 cm³/mol. The molecule has 198 valence electrons. The van der Waals surface area contributed by atoms with Gasteiger partial charge in [0.1, 0.15) is 23.9 Å². The summed E-state index contributed by atoms with van der Waals surface area (Å²) < 4.78 is 7.19. The molecule has 0 fully saturated rings. The second-order valence-electron chi connectivity index (χ2n) is 10.4. The van der Waals surface area contributed by atoms with Crippen molar-refractivity contribution < 1.29 is 14.3 Å². The van der Waals surface area contributed by atoms with Crippen LogP contribution >= 0.6 is 0 Å². The number of nitrogens with zero attached hydrogens (tertiary/aromatic N) is 4. The minimum Gasteiger partial charge on any atom is -0.494 e. The molecule has 0 spiro atoms. The molecule has 1 N–H and O–H groups in total. The van der Waals surface area contributed by atoms with E-state index in [4.69, 9.17) is 4.74 Å². The fourth-order valence-electron chi connectivity index (χ4n) is 4.32. The SMILES string of the molecule is CCOc1ccc(C(C(=O)NC(C)(C)C)N(C(=O)Cn2nnc3ccccc32)c2ccc(C)c(C)c2)cc1. The van der Waals surface area contributed by atoms with E-state index >= 15 is 0 Å². The monoisotopic (exact) mass is 513 g/mol. The Morgan fingerprint density at radius 2 is 1.71 bits per heavy atom. The quantitative estimate of drug-likeness (QED) is 0.353. The maximum absolute atomic E-state index is 14.1. The van der Waals surface area contributed by atoms with E-state index in [1.807, 2.05) is 108 Å². The minimum atomic E-state index is -0.922. The molecule has 0 saturated carbocycles. The number of hydrogen-bond donors (Lipinski definition) is 1. The van der Waals surface area contributed by atoms with Crippen LogP contribution in [0.2, 0.25) is 0 Å². The number of amides is 2.